The van der Waals surface area contributed by atoms with Gasteiger partial charge < -0.3 is 10.8 Å². The molecule has 0 aromatic heterocycles. The van der Waals surface area contributed by atoms with Crippen LogP contribution in [0.4, 0.5) is 0 Å². The van der Waals surface area contributed by atoms with E-state index in [4.69, 9.17) is 10.8 Å². The SMILES string of the molecule is NC([C]=O)CCC(C(=O)O)C(=O)Cc1ccccc1. The summed E-state index contributed by atoms with van der Waals surface area (Å²) in [6.07, 6.45) is 1.83. The molecule has 1 aromatic carbocycles. The first-order valence-corrected chi connectivity index (χ1v) is 5.97. The zero-order valence-corrected chi connectivity index (χ0v) is 10.4. The van der Waals surface area contributed by atoms with Crippen LogP contribution in [-0.2, 0) is 20.8 Å². The van der Waals surface area contributed by atoms with Gasteiger partial charge in [-0.3, -0.25) is 14.4 Å². The average Bonchev–Trinajstić information content (AvgIpc) is 2.39. The van der Waals surface area contributed by atoms with Gasteiger partial charge in [-0.25, -0.2) is 0 Å². The highest BCUT2D eigenvalue weighted by Gasteiger charge is 2.26. The van der Waals surface area contributed by atoms with Crippen LogP contribution < -0.4 is 5.73 Å². The van der Waals surface area contributed by atoms with Crippen LogP contribution >= 0.6 is 0 Å². The predicted molar refractivity (Wildman–Crippen MR) is 69.2 cm³/mol. The molecule has 0 aliphatic heterocycles. The number of carbonyl (C=O) groups is 2. The molecule has 1 aromatic rings. The summed E-state index contributed by atoms with van der Waals surface area (Å²) in [6.45, 7) is 0. The van der Waals surface area contributed by atoms with Crippen molar-refractivity contribution in [3.8, 4) is 0 Å². The van der Waals surface area contributed by atoms with E-state index in [1.165, 1.54) is 0 Å². The van der Waals surface area contributed by atoms with Gasteiger partial charge in [-0.05, 0) is 18.4 Å². The summed E-state index contributed by atoms with van der Waals surface area (Å²) in [5.41, 5.74) is 6.11. The molecule has 5 nitrogen and oxygen atoms in total. The Kier molecular flexibility index (Phi) is 5.89. The quantitative estimate of drug-likeness (QED) is 0.673. The Labute approximate surface area is 111 Å². The normalized spacial score (nSPS) is 13.5. The summed E-state index contributed by atoms with van der Waals surface area (Å²) in [5.74, 6) is -2.68. The van der Waals surface area contributed by atoms with Crippen LogP contribution in [0.15, 0.2) is 30.3 Å². The number of Topliss-reactive ketones (excluding diaryl/α,β-unsaturated/α-hetero) is 1. The lowest BCUT2D eigenvalue weighted by atomic mass is 9.92. The fraction of sp³-hybridized carbons (Fsp3) is 0.357. The molecule has 0 aliphatic rings. The molecule has 0 fully saturated rings. The molecule has 0 aliphatic carbocycles. The first kappa shape index (κ1) is 15.0. The van der Waals surface area contributed by atoms with Crippen LogP contribution in [0.1, 0.15) is 18.4 Å². The first-order chi connectivity index (χ1) is 9.04. The summed E-state index contributed by atoms with van der Waals surface area (Å²) < 4.78 is 0. The second-order valence-electron chi connectivity index (χ2n) is 4.32. The van der Waals surface area contributed by atoms with Crippen molar-refractivity contribution >= 4 is 18.0 Å². The van der Waals surface area contributed by atoms with E-state index in [2.05, 4.69) is 0 Å². The predicted octanol–water partition coefficient (Wildman–Crippen LogP) is 0.716. The Bertz CT molecular complexity index is 444. The number of carbonyl (C=O) groups excluding carboxylic acids is 2. The Balaban J connectivity index is 2.63. The minimum atomic E-state index is -1.18. The zero-order chi connectivity index (χ0) is 14.3. The Morgan fingerprint density at radius 2 is 1.84 bits per heavy atom. The van der Waals surface area contributed by atoms with Crippen LogP contribution in [0.25, 0.3) is 0 Å². The van der Waals surface area contributed by atoms with Gasteiger partial charge in [-0.1, -0.05) is 30.3 Å². The van der Waals surface area contributed by atoms with E-state index in [9.17, 15) is 14.4 Å². The Morgan fingerprint density at radius 3 is 2.37 bits per heavy atom. The fourth-order valence-electron chi connectivity index (χ4n) is 1.75. The minimum Gasteiger partial charge on any atom is -0.481 e. The van der Waals surface area contributed by atoms with Gasteiger partial charge >= 0.3 is 5.97 Å². The van der Waals surface area contributed by atoms with Gasteiger partial charge in [0.15, 0.2) is 5.78 Å². The summed E-state index contributed by atoms with van der Waals surface area (Å²) in [4.78, 5) is 33.3. The molecular weight excluding hydrogens is 246 g/mol. The van der Waals surface area contributed by atoms with E-state index in [0.29, 0.717) is 0 Å². The number of rotatable bonds is 8. The first-order valence-electron chi connectivity index (χ1n) is 5.97. The standard InChI is InChI=1S/C14H16NO4/c15-11(9-16)6-7-12(14(18)19)13(17)8-10-4-2-1-3-5-10/h1-5,11-12H,6-8,15H2,(H,18,19). The van der Waals surface area contributed by atoms with Crippen molar-refractivity contribution in [1.82, 2.24) is 0 Å². The molecule has 0 heterocycles. The van der Waals surface area contributed by atoms with Gasteiger partial charge in [0.1, 0.15) is 5.92 Å². The molecule has 1 radical (unpaired) electrons. The van der Waals surface area contributed by atoms with Crippen LogP contribution in [0, 0.1) is 5.92 Å². The lowest BCUT2D eigenvalue weighted by molar-refractivity contribution is -0.146. The number of hydrogen-bond acceptors (Lipinski definition) is 4. The molecule has 0 bridgehead atoms. The number of aliphatic carboxylic acids is 1. The van der Waals surface area contributed by atoms with Gasteiger partial charge in [0.25, 0.3) is 0 Å². The van der Waals surface area contributed by atoms with Crippen LogP contribution in [0.2, 0.25) is 0 Å². The van der Waals surface area contributed by atoms with Crippen molar-refractivity contribution in [2.45, 2.75) is 25.3 Å². The minimum absolute atomic E-state index is 0.0530. The molecule has 5 heteroatoms. The molecular formula is C14H16NO4. The number of benzene rings is 1. The molecule has 0 spiro atoms. The highest BCUT2D eigenvalue weighted by atomic mass is 16.4. The van der Waals surface area contributed by atoms with E-state index in [1.54, 1.807) is 30.6 Å². The van der Waals surface area contributed by atoms with E-state index >= 15 is 0 Å². The fourth-order valence-corrected chi connectivity index (χ4v) is 1.75. The number of nitrogens with two attached hydrogens (primary N) is 1. The number of hydrogen-bond donors (Lipinski definition) is 2. The van der Waals surface area contributed by atoms with Gasteiger partial charge in [-0.15, -0.1) is 0 Å². The van der Waals surface area contributed by atoms with Gasteiger partial charge in [0.2, 0.25) is 6.29 Å². The number of carboxylic acids is 1. The molecule has 0 saturated carbocycles. The maximum atomic E-state index is 11.9. The molecule has 1 rings (SSSR count). The number of carboxylic acid groups (broad SMARTS) is 1. The topological polar surface area (TPSA) is 97.5 Å². The highest BCUT2D eigenvalue weighted by molar-refractivity contribution is 5.99. The molecule has 19 heavy (non-hydrogen) atoms. The third-order valence-electron chi connectivity index (χ3n) is 2.83. The maximum Gasteiger partial charge on any atom is 0.314 e. The highest BCUT2D eigenvalue weighted by Crippen LogP contribution is 2.13. The molecule has 2 atom stereocenters. The van der Waals surface area contributed by atoms with Crippen molar-refractivity contribution in [2.75, 3.05) is 0 Å². The van der Waals surface area contributed by atoms with E-state index in [-0.39, 0.29) is 25.0 Å². The lowest BCUT2D eigenvalue weighted by Gasteiger charge is -2.12. The van der Waals surface area contributed by atoms with E-state index < -0.39 is 17.9 Å². The monoisotopic (exact) mass is 262 g/mol. The van der Waals surface area contributed by atoms with Crippen molar-refractivity contribution in [3.05, 3.63) is 35.9 Å². The van der Waals surface area contributed by atoms with E-state index in [0.717, 1.165) is 5.56 Å². The van der Waals surface area contributed by atoms with Gasteiger partial charge in [-0.2, -0.15) is 0 Å². The van der Waals surface area contributed by atoms with Gasteiger partial charge in [0.05, 0.1) is 6.04 Å². The zero-order valence-electron chi connectivity index (χ0n) is 10.4. The van der Waals surface area contributed by atoms with Crippen molar-refractivity contribution in [1.29, 1.82) is 0 Å². The lowest BCUT2D eigenvalue weighted by Crippen LogP contribution is -2.29. The number of ketones is 1. The second kappa shape index (κ2) is 7.43. The molecule has 3 N–H and O–H groups in total. The summed E-state index contributed by atoms with van der Waals surface area (Å²) in [6, 6.07) is 8.09. The van der Waals surface area contributed by atoms with Crippen LogP contribution in [-0.4, -0.2) is 29.2 Å². The molecule has 0 amide bonds. The third-order valence-corrected chi connectivity index (χ3v) is 2.83. The third kappa shape index (κ3) is 5.01. The Hall–Kier alpha value is -2.01. The molecule has 0 saturated heterocycles. The maximum absolute atomic E-state index is 11.9. The smallest absolute Gasteiger partial charge is 0.314 e. The summed E-state index contributed by atoms with van der Waals surface area (Å²) >= 11 is 0. The van der Waals surface area contributed by atoms with Crippen molar-refractivity contribution in [2.24, 2.45) is 11.7 Å². The second-order valence-corrected chi connectivity index (χ2v) is 4.32. The van der Waals surface area contributed by atoms with Crippen LogP contribution in [0.5, 0.6) is 0 Å². The van der Waals surface area contributed by atoms with Crippen LogP contribution in [0.3, 0.4) is 0 Å². The Morgan fingerprint density at radius 1 is 1.21 bits per heavy atom. The van der Waals surface area contributed by atoms with Crippen molar-refractivity contribution < 1.29 is 19.5 Å². The van der Waals surface area contributed by atoms with Crippen molar-refractivity contribution in [3.63, 3.8) is 0 Å². The summed E-state index contributed by atoms with van der Waals surface area (Å²) in [7, 11) is 0. The van der Waals surface area contributed by atoms with E-state index in [1.807, 2.05) is 6.07 Å². The van der Waals surface area contributed by atoms with Gasteiger partial charge in [0, 0.05) is 6.42 Å². The largest absolute Gasteiger partial charge is 0.481 e. The summed E-state index contributed by atoms with van der Waals surface area (Å²) in [5, 5.41) is 9.05. The molecule has 101 valence electrons. The molecule has 2 unspecified atom stereocenters. The average molecular weight is 262 g/mol.